The zero-order chi connectivity index (χ0) is 13.3. The lowest BCUT2D eigenvalue weighted by Gasteiger charge is -2.24. The Bertz CT molecular complexity index is 506. The van der Waals surface area contributed by atoms with Crippen LogP contribution in [0.4, 0.5) is 11.4 Å². The Hall–Kier alpha value is -1.63. The minimum atomic E-state index is -0.863. The summed E-state index contributed by atoms with van der Waals surface area (Å²) in [5, 5.41) is 19.7. The van der Waals surface area contributed by atoms with Crippen LogP contribution in [0.1, 0.15) is 12.8 Å². The maximum Gasteiger partial charge on any atom is 0.326 e. The number of hydrogen-bond donors (Lipinski definition) is 1. The van der Waals surface area contributed by atoms with Gasteiger partial charge in [-0.3, -0.25) is 10.1 Å². The molecule has 6 nitrogen and oxygen atoms in total. The molecule has 1 aliphatic heterocycles. The van der Waals surface area contributed by atoms with Gasteiger partial charge in [-0.2, -0.15) is 0 Å². The molecule has 96 valence electrons. The quantitative estimate of drug-likeness (QED) is 0.684. The third kappa shape index (κ3) is 2.31. The number of nitrogens with zero attached hydrogens (tertiary/aromatic N) is 2. The van der Waals surface area contributed by atoms with Crippen LogP contribution in [0, 0.1) is 10.1 Å². The van der Waals surface area contributed by atoms with Gasteiger partial charge in [0.15, 0.2) is 0 Å². The number of carboxylic acids is 1. The molecule has 1 aromatic carbocycles. The largest absolute Gasteiger partial charge is 0.480 e. The topological polar surface area (TPSA) is 83.7 Å². The fourth-order valence-corrected chi connectivity index (χ4v) is 2.75. The van der Waals surface area contributed by atoms with Crippen LogP contribution in [0.3, 0.4) is 0 Å². The summed E-state index contributed by atoms with van der Waals surface area (Å²) in [5.74, 6) is -0.863. The van der Waals surface area contributed by atoms with Crippen molar-refractivity contribution in [2.45, 2.75) is 18.9 Å². The van der Waals surface area contributed by atoms with Crippen molar-refractivity contribution in [1.82, 2.24) is 0 Å². The van der Waals surface area contributed by atoms with Crippen LogP contribution in [-0.4, -0.2) is 28.6 Å². The van der Waals surface area contributed by atoms with Gasteiger partial charge in [0.05, 0.1) is 10.6 Å². The van der Waals surface area contributed by atoms with Gasteiger partial charge < -0.3 is 10.0 Å². The normalized spacial score (nSPS) is 18.9. The fourth-order valence-electron chi connectivity index (χ4n) is 2.15. The van der Waals surface area contributed by atoms with Gasteiger partial charge in [-0.05, 0) is 34.8 Å². The standard InChI is InChI=1S/C11H11BrN2O4/c12-8-6-7(14(17)18)3-4-9(8)13-5-1-2-10(13)11(15)16/h3-4,6,10H,1-2,5H2,(H,15,16). The van der Waals surface area contributed by atoms with E-state index in [1.807, 2.05) is 0 Å². The summed E-state index contributed by atoms with van der Waals surface area (Å²) in [5.41, 5.74) is 0.669. The summed E-state index contributed by atoms with van der Waals surface area (Å²) in [6.45, 7) is 0.646. The van der Waals surface area contributed by atoms with Gasteiger partial charge in [0.2, 0.25) is 0 Å². The first-order chi connectivity index (χ1) is 8.50. The maximum absolute atomic E-state index is 11.1. The molecule has 0 bridgehead atoms. The second-order valence-electron chi connectivity index (χ2n) is 4.08. The van der Waals surface area contributed by atoms with Crippen LogP contribution in [0.25, 0.3) is 0 Å². The molecule has 1 unspecified atom stereocenters. The predicted octanol–water partition coefficient (Wildman–Crippen LogP) is 2.41. The number of benzene rings is 1. The van der Waals surface area contributed by atoms with E-state index in [1.54, 1.807) is 11.0 Å². The molecule has 0 amide bonds. The molecule has 1 fully saturated rings. The van der Waals surface area contributed by atoms with Gasteiger partial charge in [0.25, 0.3) is 5.69 Å². The lowest BCUT2D eigenvalue weighted by molar-refractivity contribution is -0.384. The Labute approximate surface area is 111 Å². The van der Waals surface area contributed by atoms with Crippen LogP contribution in [0.15, 0.2) is 22.7 Å². The number of nitro benzene ring substituents is 1. The Balaban J connectivity index is 2.33. The lowest BCUT2D eigenvalue weighted by Crippen LogP contribution is -2.36. The van der Waals surface area contributed by atoms with E-state index >= 15 is 0 Å². The van der Waals surface area contributed by atoms with E-state index < -0.39 is 16.9 Å². The fraction of sp³-hybridized carbons (Fsp3) is 0.364. The highest BCUT2D eigenvalue weighted by Crippen LogP contribution is 2.34. The van der Waals surface area contributed by atoms with Gasteiger partial charge in [-0.25, -0.2) is 4.79 Å². The molecule has 1 aliphatic rings. The van der Waals surface area contributed by atoms with Gasteiger partial charge in [-0.15, -0.1) is 0 Å². The summed E-state index contributed by atoms with van der Waals surface area (Å²) < 4.78 is 0.546. The van der Waals surface area contributed by atoms with Gasteiger partial charge in [0.1, 0.15) is 6.04 Å². The average Bonchev–Trinajstić information content (AvgIpc) is 2.77. The molecular weight excluding hydrogens is 304 g/mol. The molecule has 0 aromatic heterocycles. The lowest BCUT2D eigenvalue weighted by atomic mass is 10.2. The third-order valence-electron chi connectivity index (χ3n) is 2.99. The number of aliphatic carboxylic acids is 1. The first-order valence-electron chi connectivity index (χ1n) is 5.44. The van der Waals surface area contributed by atoms with E-state index in [-0.39, 0.29) is 5.69 Å². The Kier molecular flexibility index (Phi) is 3.51. The van der Waals surface area contributed by atoms with E-state index in [9.17, 15) is 14.9 Å². The van der Waals surface area contributed by atoms with Crippen LogP contribution in [0.2, 0.25) is 0 Å². The minimum absolute atomic E-state index is 0.0169. The van der Waals surface area contributed by atoms with Gasteiger partial charge >= 0.3 is 5.97 Å². The predicted molar refractivity (Wildman–Crippen MR) is 68.8 cm³/mol. The monoisotopic (exact) mass is 314 g/mol. The molecule has 2 rings (SSSR count). The molecule has 0 aliphatic carbocycles. The molecule has 1 atom stereocenters. The van der Waals surface area contributed by atoms with E-state index in [0.717, 1.165) is 6.42 Å². The van der Waals surface area contributed by atoms with Crippen LogP contribution in [-0.2, 0) is 4.79 Å². The number of anilines is 1. The van der Waals surface area contributed by atoms with Crippen molar-refractivity contribution < 1.29 is 14.8 Å². The molecule has 1 N–H and O–H groups in total. The number of non-ortho nitro benzene ring substituents is 1. The average molecular weight is 315 g/mol. The third-order valence-corrected chi connectivity index (χ3v) is 3.62. The van der Waals surface area contributed by atoms with Crippen molar-refractivity contribution in [3.05, 3.63) is 32.8 Å². The number of nitro groups is 1. The van der Waals surface area contributed by atoms with Crippen molar-refractivity contribution in [3.63, 3.8) is 0 Å². The summed E-state index contributed by atoms with van der Waals surface area (Å²) in [6, 6.07) is 3.82. The van der Waals surface area contributed by atoms with Crippen LogP contribution >= 0.6 is 15.9 Å². The van der Waals surface area contributed by atoms with E-state index in [1.165, 1.54) is 12.1 Å². The molecule has 1 saturated heterocycles. The SMILES string of the molecule is O=C(O)C1CCCN1c1ccc([N+](=O)[O-])cc1Br. The number of rotatable bonds is 3. The van der Waals surface area contributed by atoms with Gasteiger partial charge in [-0.1, -0.05) is 0 Å². The number of hydrogen-bond acceptors (Lipinski definition) is 4. The van der Waals surface area contributed by atoms with Crippen molar-refractivity contribution in [3.8, 4) is 0 Å². The molecule has 0 radical (unpaired) electrons. The molecule has 18 heavy (non-hydrogen) atoms. The maximum atomic E-state index is 11.1. The minimum Gasteiger partial charge on any atom is -0.480 e. The smallest absolute Gasteiger partial charge is 0.326 e. The molecule has 0 saturated carbocycles. The van der Waals surface area contributed by atoms with E-state index in [4.69, 9.17) is 5.11 Å². The molecule has 0 spiro atoms. The summed E-state index contributed by atoms with van der Waals surface area (Å²) >= 11 is 3.26. The second-order valence-corrected chi connectivity index (χ2v) is 4.94. The summed E-state index contributed by atoms with van der Waals surface area (Å²) in [6.07, 6.45) is 1.40. The highest BCUT2D eigenvalue weighted by Gasteiger charge is 2.31. The number of carbonyl (C=O) groups is 1. The molecule has 1 aromatic rings. The zero-order valence-electron chi connectivity index (χ0n) is 9.38. The zero-order valence-corrected chi connectivity index (χ0v) is 11.0. The highest BCUT2D eigenvalue weighted by molar-refractivity contribution is 9.10. The molecule has 1 heterocycles. The van der Waals surface area contributed by atoms with Crippen LogP contribution < -0.4 is 4.90 Å². The van der Waals surface area contributed by atoms with Gasteiger partial charge in [0, 0.05) is 23.2 Å². The van der Waals surface area contributed by atoms with Crippen molar-refractivity contribution in [1.29, 1.82) is 0 Å². The Morgan fingerprint density at radius 1 is 1.56 bits per heavy atom. The number of carboxylic acid groups (broad SMARTS) is 1. The number of halogens is 1. The van der Waals surface area contributed by atoms with Crippen molar-refractivity contribution >= 4 is 33.3 Å². The van der Waals surface area contributed by atoms with Crippen LogP contribution in [0.5, 0.6) is 0 Å². The Morgan fingerprint density at radius 3 is 2.83 bits per heavy atom. The van der Waals surface area contributed by atoms with Crippen molar-refractivity contribution in [2.75, 3.05) is 11.4 Å². The molecule has 7 heteroatoms. The highest BCUT2D eigenvalue weighted by atomic mass is 79.9. The summed E-state index contributed by atoms with van der Waals surface area (Å²) in [7, 11) is 0. The van der Waals surface area contributed by atoms with Crippen molar-refractivity contribution in [2.24, 2.45) is 0 Å². The first kappa shape index (κ1) is 12.8. The van der Waals surface area contributed by atoms with E-state index in [0.29, 0.717) is 23.1 Å². The molecular formula is C11H11BrN2O4. The Morgan fingerprint density at radius 2 is 2.28 bits per heavy atom. The van der Waals surface area contributed by atoms with E-state index in [2.05, 4.69) is 15.9 Å². The first-order valence-corrected chi connectivity index (χ1v) is 6.23. The second kappa shape index (κ2) is 4.93. The summed E-state index contributed by atoms with van der Waals surface area (Å²) in [4.78, 5) is 23.0.